The van der Waals surface area contributed by atoms with Gasteiger partial charge < -0.3 is 4.74 Å². The fraction of sp³-hybridized carbons (Fsp3) is 0.900. The molecule has 3 heteroatoms. The molecular weight excluding hydrogens is 188 g/mol. The van der Waals surface area contributed by atoms with Gasteiger partial charge in [0, 0.05) is 11.6 Å². The molecule has 0 aromatic carbocycles. The maximum atomic E-state index is 10.6. The Balaban J connectivity index is 4.26. The van der Waals surface area contributed by atoms with Crippen LogP contribution in [-0.2, 0) is 4.74 Å². The Kier molecular flexibility index (Phi) is 6.13. The van der Waals surface area contributed by atoms with Crippen LogP contribution >= 0.6 is 11.6 Å². The minimum Gasteiger partial charge on any atom is -0.450 e. The second-order valence-corrected chi connectivity index (χ2v) is 3.90. The molecule has 0 aliphatic rings. The average Bonchev–Trinajstić information content (AvgIpc) is 2.11. The summed E-state index contributed by atoms with van der Waals surface area (Å²) in [6.07, 6.45) is 1.96. The van der Waals surface area contributed by atoms with Gasteiger partial charge in [-0.05, 0) is 11.8 Å². The summed E-state index contributed by atoms with van der Waals surface area (Å²) in [6, 6.07) is 0. The van der Waals surface area contributed by atoms with Crippen LogP contribution in [0.25, 0.3) is 0 Å². The number of halogens is 1. The summed E-state index contributed by atoms with van der Waals surface area (Å²) in [5.41, 5.74) is -0.689. The fourth-order valence-electron chi connectivity index (χ4n) is 1.36. The van der Waals surface area contributed by atoms with Crippen LogP contribution in [0, 0.1) is 11.8 Å². The minimum absolute atomic E-state index is 0.0417. The van der Waals surface area contributed by atoms with Crippen molar-refractivity contribution >= 4 is 17.0 Å². The van der Waals surface area contributed by atoms with E-state index in [0.717, 1.165) is 12.8 Å². The van der Waals surface area contributed by atoms with Crippen LogP contribution in [0.3, 0.4) is 0 Å². The number of ether oxygens (including phenoxy) is 1. The number of carbonyl (C=O) groups is 1. The van der Waals surface area contributed by atoms with Crippen LogP contribution in [-0.4, -0.2) is 11.5 Å². The number of carbonyl (C=O) groups excluding carboxylic acids is 1. The number of hydrogen-bond acceptors (Lipinski definition) is 2. The van der Waals surface area contributed by atoms with Crippen LogP contribution < -0.4 is 0 Å². The predicted octanol–water partition coefficient (Wildman–Crippen LogP) is 3.82. The molecule has 0 bridgehead atoms. The molecule has 0 aliphatic heterocycles. The van der Waals surface area contributed by atoms with Crippen LogP contribution in [0.4, 0.5) is 4.79 Å². The first-order valence-corrected chi connectivity index (χ1v) is 5.26. The molecular formula is C10H19ClO2. The molecule has 2 atom stereocenters. The molecule has 2 unspecified atom stereocenters. The predicted molar refractivity (Wildman–Crippen MR) is 55.0 cm³/mol. The molecule has 0 heterocycles. The molecule has 0 fully saturated rings. The summed E-state index contributed by atoms with van der Waals surface area (Å²) in [5.74, 6) is 0.746. The summed E-state index contributed by atoms with van der Waals surface area (Å²) in [7, 11) is 0. The van der Waals surface area contributed by atoms with Gasteiger partial charge in [0.25, 0.3) is 0 Å². The molecule has 0 rings (SSSR count). The number of rotatable bonds is 5. The first kappa shape index (κ1) is 12.8. The van der Waals surface area contributed by atoms with Crippen molar-refractivity contribution < 1.29 is 9.53 Å². The van der Waals surface area contributed by atoms with Crippen molar-refractivity contribution in [1.82, 2.24) is 0 Å². The first-order chi connectivity index (χ1) is 6.02. The van der Waals surface area contributed by atoms with Crippen molar-refractivity contribution in [3.05, 3.63) is 0 Å². The van der Waals surface area contributed by atoms with Crippen molar-refractivity contribution in [3.8, 4) is 0 Å². The van der Waals surface area contributed by atoms with E-state index in [1.165, 1.54) is 0 Å². The monoisotopic (exact) mass is 206 g/mol. The normalized spacial score (nSPS) is 17.6. The smallest absolute Gasteiger partial charge is 0.404 e. The van der Waals surface area contributed by atoms with Crippen LogP contribution in [0.5, 0.6) is 0 Å². The standard InChI is InChI=1S/C10H19ClO2/c1-5-7(3)9(8(4)6-2)13-10(11)12/h7-9H,5-6H2,1-4H3. The molecule has 0 saturated heterocycles. The van der Waals surface area contributed by atoms with E-state index in [0.29, 0.717) is 11.8 Å². The Morgan fingerprint density at radius 3 is 1.85 bits per heavy atom. The van der Waals surface area contributed by atoms with Crippen LogP contribution in [0.15, 0.2) is 0 Å². The Morgan fingerprint density at radius 2 is 1.62 bits per heavy atom. The molecule has 2 nitrogen and oxygen atoms in total. The average molecular weight is 207 g/mol. The summed E-state index contributed by atoms with van der Waals surface area (Å²) >= 11 is 5.21. The minimum atomic E-state index is -0.689. The summed E-state index contributed by atoms with van der Waals surface area (Å²) in [6.45, 7) is 8.33. The third-order valence-electron chi connectivity index (χ3n) is 2.64. The van der Waals surface area contributed by atoms with E-state index in [1.807, 2.05) is 0 Å². The third kappa shape index (κ3) is 4.51. The summed E-state index contributed by atoms with van der Waals surface area (Å²) in [4.78, 5) is 10.6. The van der Waals surface area contributed by atoms with Crippen molar-refractivity contribution in [2.24, 2.45) is 11.8 Å². The van der Waals surface area contributed by atoms with Gasteiger partial charge in [-0.3, -0.25) is 0 Å². The molecule has 0 amide bonds. The lowest BCUT2D eigenvalue weighted by Crippen LogP contribution is -2.29. The van der Waals surface area contributed by atoms with Gasteiger partial charge in [-0.25, -0.2) is 4.79 Å². The van der Waals surface area contributed by atoms with Gasteiger partial charge in [0.05, 0.1) is 0 Å². The lowest BCUT2D eigenvalue weighted by atomic mass is 9.90. The molecule has 0 aromatic rings. The van der Waals surface area contributed by atoms with Gasteiger partial charge >= 0.3 is 5.43 Å². The van der Waals surface area contributed by atoms with E-state index in [1.54, 1.807) is 0 Å². The number of hydrogen-bond donors (Lipinski definition) is 0. The van der Waals surface area contributed by atoms with Crippen molar-refractivity contribution in [3.63, 3.8) is 0 Å². The van der Waals surface area contributed by atoms with Crippen LogP contribution in [0.1, 0.15) is 40.5 Å². The van der Waals surface area contributed by atoms with Gasteiger partial charge in [0.15, 0.2) is 0 Å². The zero-order chi connectivity index (χ0) is 10.4. The summed E-state index contributed by atoms with van der Waals surface area (Å²) < 4.78 is 5.08. The van der Waals surface area contributed by atoms with E-state index >= 15 is 0 Å². The maximum absolute atomic E-state index is 10.6. The van der Waals surface area contributed by atoms with Crippen LogP contribution in [0.2, 0.25) is 0 Å². The highest BCUT2D eigenvalue weighted by Gasteiger charge is 2.24. The van der Waals surface area contributed by atoms with Gasteiger partial charge in [-0.1, -0.05) is 40.5 Å². The second kappa shape index (κ2) is 6.25. The topological polar surface area (TPSA) is 26.3 Å². The van der Waals surface area contributed by atoms with E-state index in [9.17, 15) is 4.79 Å². The Labute approximate surface area is 85.6 Å². The third-order valence-corrected chi connectivity index (χ3v) is 2.73. The van der Waals surface area contributed by atoms with Gasteiger partial charge in [0.2, 0.25) is 0 Å². The fourth-order valence-corrected chi connectivity index (χ4v) is 1.47. The van der Waals surface area contributed by atoms with Gasteiger partial charge in [0.1, 0.15) is 6.10 Å². The highest BCUT2D eigenvalue weighted by Crippen LogP contribution is 2.22. The molecule has 0 radical (unpaired) electrons. The van der Waals surface area contributed by atoms with Crippen molar-refractivity contribution in [1.29, 1.82) is 0 Å². The van der Waals surface area contributed by atoms with E-state index in [-0.39, 0.29) is 6.10 Å². The Hall–Kier alpha value is -0.240. The SMILES string of the molecule is CCC(C)C(OC(=O)Cl)C(C)CC. The van der Waals surface area contributed by atoms with Crippen molar-refractivity contribution in [2.45, 2.75) is 46.6 Å². The molecule has 0 N–H and O–H groups in total. The molecule has 0 saturated carbocycles. The Bertz CT molecular complexity index is 149. The lowest BCUT2D eigenvalue weighted by molar-refractivity contribution is 0.0453. The van der Waals surface area contributed by atoms with E-state index in [4.69, 9.17) is 16.3 Å². The lowest BCUT2D eigenvalue weighted by Gasteiger charge is -2.27. The Morgan fingerprint density at radius 1 is 1.23 bits per heavy atom. The maximum Gasteiger partial charge on any atom is 0.404 e. The van der Waals surface area contributed by atoms with E-state index in [2.05, 4.69) is 27.7 Å². The molecule has 0 spiro atoms. The van der Waals surface area contributed by atoms with Gasteiger partial charge in [-0.2, -0.15) is 0 Å². The molecule has 13 heavy (non-hydrogen) atoms. The van der Waals surface area contributed by atoms with Crippen molar-refractivity contribution in [2.75, 3.05) is 0 Å². The highest BCUT2D eigenvalue weighted by molar-refractivity contribution is 6.61. The molecule has 0 aliphatic carbocycles. The summed E-state index contributed by atoms with van der Waals surface area (Å²) in [5, 5.41) is 0. The quantitative estimate of drug-likeness (QED) is 0.640. The molecule has 78 valence electrons. The highest BCUT2D eigenvalue weighted by atomic mass is 35.5. The zero-order valence-electron chi connectivity index (χ0n) is 8.84. The first-order valence-electron chi connectivity index (χ1n) is 4.89. The molecule has 0 aromatic heterocycles. The second-order valence-electron chi connectivity index (χ2n) is 3.59. The van der Waals surface area contributed by atoms with E-state index < -0.39 is 5.43 Å². The largest absolute Gasteiger partial charge is 0.450 e. The zero-order valence-corrected chi connectivity index (χ0v) is 9.60. The van der Waals surface area contributed by atoms with Gasteiger partial charge in [-0.15, -0.1) is 0 Å².